The summed E-state index contributed by atoms with van der Waals surface area (Å²) in [5.41, 5.74) is 0. The normalized spacial score (nSPS) is 13.7. The lowest BCUT2D eigenvalue weighted by atomic mass is 10.1. The molecule has 0 aliphatic carbocycles. The highest BCUT2D eigenvalue weighted by molar-refractivity contribution is 5.76. The largest absolute Gasteiger partial charge is 0.394 e. The first-order valence-electron chi connectivity index (χ1n) is 15.7. The topological polar surface area (TPSA) is 69.6 Å². The lowest BCUT2D eigenvalue weighted by Crippen LogP contribution is -2.45. The van der Waals surface area contributed by atoms with Gasteiger partial charge in [-0.25, -0.2) is 0 Å². The summed E-state index contributed by atoms with van der Waals surface area (Å²) in [6.07, 6.45) is 36.4. The molecule has 0 aromatic rings. The fourth-order valence-electron chi connectivity index (χ4n) is 4.37. The first-order valence-corrected chi connectivity index (χ1v) is 15.7. The molecule has 4 nitrogen and oxygen atoms in total. The first-order chi connectivity index (χ1) is 18.2. The highest BCUT2D eigenvalue weighted by Crippen LogP contribution is 2.11. The van der Waals surface area contributed by atoms with E-state index >= 15 is 0 Å². The SMILES string of the molecule is CCCC/C=C\C/C=C\CCCCCCCC(=O)NC(CO)C(O)/C=C/CCCCCCCCCCC. The summed E-state index contributed by atoms with van der Waals surface area (Å²) in [6.45, 7) is 4.22. The van der Waals surface area contributed by atoms with E-state index in [0.717, 1.165) is 44.9 Å². The molecule has 4 heteroatoms. The van der Waals surface area contributed by atoms with E-state index in [1.807, 2.05) is 6.08 Å². The van der Waals surface area contributed by atoms with E-state index in [4.69, 9.17) is 0 Å². The number of amides is 1. The predicted octanol–water partition coefficient (Wildman–Crippen LogP) is 8.72. The Hall–Kier alpha value is -1.39. The van der Waals surface area contributed by atoms with Crippen LogP contribution in [0.3, 0.4) is 0 Å². The van der Waals surface area contributed by atoms with Crippen LogP contribution in [0.15, 0.2) is 36.5 Å². The van der Waals surface area contributed by atoms with E-state index in [9.17, 15) is 15.0 Å². The van der Waals surface area contributed by atoms with E-state index in [0.29, 0.717) is 6.42 Å². The Labute approximate surface area is 230 Å². The molecule has 0 spiro atoms. The molecule has 0 radical (unpaired) electrons. The van der Waals surface area contributed by atoms with Crippen molar-refractivity contribution in [2.24, 2.45) is 0 Å². The molecule has 0 bridgehead atoms. The van der Waals surface area contributed by atoms with Crippen LogP contribution in [-0.2, 0) is 4.79 Å². The number of hydrogen-bond acceptors (Lipinski definition) is 3. The van der Waals surface area contributed by atoms with Crippen molar-refractivity contribution in [1.29, 1.82) is 0 Å². The maximum atomic E-state index is 12.2. The van der Waals surface area contributed by atoms with Gasteiger partial charge in [0.25, 0.3) is 0 Å². The minimum absolute atomic E-state index is 0.0830. The smallest absolute Gasteiger partial charge is 0.220 e. The predicted molar refractivity (Wildman–Crippen MR) is 161 cm³/mol. The molecule has 216 valence electrons. The summed E-state index contributed by atoms with van der Waals surface area (Å²) in [5.74, 6) is -0.0830. The average Bonchev–Trinajstić information content (AvgIpc) is 2.90. The Balaban J connectivity index is 3.72. The van der Waals surface area contributed by atoms with Crippen LogP contribution >= 0.6 is 0 Å². The molecule has 0 saturated carbocycles. The fourth-order valence-corrected chi connectivity index (χ4v) is 4.37. The number of rotatable bonds is 27. The molecule has 0 aromatic carbocycles. The van der Waals surface area contributed by atoms with Gasteiger partial charge in [-0.1, -0.05) is 134 Å². The van der Waals surface area contributed by atoms with Gasteiger partial charge in [0.05, 0.1) is 18.8 Å². The summed E-state index contributed by atoms with van der Waals surface area (Å²) < 4.78 is 0. The van der Waals surface area contributed by atoms with Crippen molar-refractivity contribution in [1.82, 2.24) is 5.32 Å². The van der Waals surface area contributed by atoms with Crippen molar-refractivity contribution in [3.63, 3.8) is 0 Å². The monoisotopic (exact) mass is 519 g/mol. The molecule has 0 fully saturated rings. The number of nitrogens with one attached hydrogen (secondary N) is 1. The van der Waals surface area contributed by atoms with Crippen LogP contribution in [0.2, 0.25) is 0 Å². The number of unbranched alkanes of at least 4 members (excludes halogenated alkanes) is 16. The van der Waals surface area contributed by atoms with Crippen LogP contribution in [-0.4, -0.2) is 34.9 Å². The fraction of sp³-hybridized carbons (Fsp3) is 0.788. The Kier molecular flexibility index (Phi) is 28.1. The highest BCUT2D eigenvalue weighted by Gasteiger charge is 2.17. The van der Waals surface area contributed by atoms with Gasteiger partial charge >= 0.3 is 0 Å². The molecule has 0 aliphatic heterocycles. The summed E-state index contributed by atoms with van der Waals surface area (Å²) in [4.78, 5) is 12.2. The molecule has 1 amide bonds. The molecule has 0 aromatic heterocycles. The summed E-state index contributed by atoms with van der Waals surface area (Å²) in [6, 6.07) is -0.625. The van der Waals surface area contributed by atoms with Crippen molar-refractivity contribution in [2.75, 3.05) is 6.61 Å². The average molecular weight is 520 g/mol. The summed E-state index contributed by atoms with van der Waals surface area (Å²) in [5, 5.41) is 22.7. The minimum Gasteiger partial charge on any atom is -0.394 e. The second-order valence-corrected chi connectivity index (χ2v) is 10.5. The van der Waals surface area contributed by atoms with Crippen molar-refractivity contribution >= 4 is 5.91 Å². The standard InChI is InChI=1S/C33H61NO3/c1-3-5-7-9-11-13-15-16-17-19-21-23-25-27-29-33(37)34-31(30-35)32(36)28-26-24-22-20-18-14-12-10-8-6-4-2/h9,11,15-16,26,28,31-32,35-36H,3-8,10,12-14,17-25,27,29-30H2,1-2H3,(H,34,37)/b11-9-,16-15-,28-26+. The Bertz CT molecular complexity index is 570. The number of hydrogen-bond donors (Lipinski definition) is 3. The summed E-state index contributed by atoms with van der Waals surface area (Å²) >= 11 is 0. The van der Waals surface area contributed by atoms with Gasteiger partial charge in [-0.05, 0) is 44.9 Å². The second-order valence-electron chi connectivity index (χ2n) is 10.5. The van der Waals surface area contributed by atoms with Gasteiger partial charge in [-0.3, -0.25) is 4.79 Å². The van der Waals surface area contributed by atoms with Gasteiger partial charge in [-0.15, -0.1) is 0 Å². The molecule has 3 N–H and O–H groups in total. The quantitative estimate of drug-likeness (QED) is 0.0750. The first kappa shape index (κ1) is 35.6. The molecule has 2 unspecified atom stereocenters. The van der Waals surface area contributed by atoms with Crippen molar-refractivity contribution in [2.45, 2.75) is 161 Å². The van der Waals surface area contributed by atoms with E-state index in [1.165, 1.54) is 83.5 Å². The van der Waals surface area contributed by atoms with Crippen LogP contribution in [0.25, 0.3) is 0 Å². The third kappa shape index (κ3) is 26.0. The molecule has 37 heavy (non-hydrogen) atoms. The zero-order valence-corrected chi connectivity index (χ0v) is 24.5. The second kappa shape index (κ2) is 29.2. The van der Waals surface area contributed by atoms with Crippen LogP contribution < -0.4 is 5.32 Å². The number of aliphatic hydroxyl groups is 2. The molecule has 0 rings (SSSR count). The highest BCUT2D eigenvalue weighted by atomic mass is 16.3. The Morgan fingerprint density at radius 3 is 1.70 bits per heavy atom. The Morgan fingerprint density at radius 1 is 0.649 bits per heavy atom. The Morgan fingerprint density at radius 2 is 1.14 bits per heavy atom. The number of carbonyl (C=O) groups is 1. The van der Waals surface area contributed by atoms with Crippen molar-refractivity contribution in [3.05, 3.63) is 36.5 Å². The van der Waals surface area contributed by atoms with E-state index in [1.54, 1.807) is 6.08 Å². The number of carbonyl (C=O) groups excluding carboxylic acids is 1. The maximum absolute atomic E-state index is 12.2. The van der Waals surface area contributed by atoms with Crippen LogP contribution in [0.5, 0.6) is 0 Å². The van der Waals surface area contributed by atoms with Gasteiger partial charge in [0, 0.05) is 6.42 Å². The lowest BCUT2D eigenvalue weighted by molar-refractivity contribution is -0.123. The zero-order valence-electron chi connectivity index (χ0n) is 24.5. The van der Waals surface area contributed by atoms with Gasteiger partial charge < -0.3 is 15.5 Å². The number of allylic oxidation sites excluding steroid dienone is 5. The molecular weight excluding hydrogens is 458 g/mol. The summed E-state index contributed by atoms with van der Waals surface area (Å²) in [7, 11) is 0. The van der Waals surface area contributed by atoms with E-state index in [2.05, 4.69) is 43.5 Å². The third-order valence-electron chi connectivity index (χ3n) is 6.87. The van der Waals surface area contributed by atoms with Crippen molar-refractivity contribution < 1.29 is 15.0 Å². The molecule has 0 saturated heterocycles. The van der Waals surface area contributed by atoms with E-state index < -0.39 is 12.1 Å². The maximum Gasteiger partial charge on any atom is 0.220 e. The van der Waals surface area contributed by atoms with Crippen LogP contribution in [0.1, 0.15) is 149 Å². The van der Waals surface area contributed by atoms with Gasteiger partial charge in [-0.2, -0.15) is 0 Å². The molecular formula is C33H61NO3. The van der Waals surface area contributed by atoms with E-state index in [-0.39, 0.29) is 12.5 Å². The van der Waals surface area contributed by atoms with Crippen LogP contribution in [0, 0.1) is 0 Å². The lowest BCUT2D eigenvalue weighted by Gasteiger charge is -2.20. The molecule has 0 heterocycles. The molecule has 2 atom stereocenters. The zero-order chi connectivity index (χ0) is 27.2. The van der Waals surface area contributed by atoms with Gasteiger partial charge in [0.15, 0.2) is 0 Å². The van der Waals surface area contributed by atoms with Crippen molar-refractivity contribution in [3.8, 4) is 0 Å². The van der Waals surface area contributed by atoms with Crippen LogP contribution in [0.4, 0.5) is 0 Å². The third-order valence-corrected chi connectivity index (χ3v) is 6.87. The minimum atomic E-state index is -0.840. The van der Waals surface area contributed by atoms with Gasteiger partial charge in [0.2, 0.25) is 5.91 Å². The van der Waals surface area contributed by atoms with Gasteiger partial charge in [0.1, 0.15) is 0 Å². The molecule has 0 aliphatic rings. The number of aliphatic hydroxyl groups excluding tert-OH is 2.